The number of aromatic nitrogens is 6. The minimum atomic E-state index is -0.324. The van der Waals surface area contributed by atoms with Crippen LogP contribution in [0.1, 0.15) is 0 Å². The molecule has 1 aromatic carbocycles. The lowest BCUT2D eigenvalue weighted by Gasteiger charge is -2.04. The van der Waals surface area contributed by atoms with Gasteiger partial charge in [0.2, 0.25) is 0 Å². The molecule has 4 heterocycles. The first-order valence-electron chi connectivity index (χ1n) is 7.90. The van der Waals surface area contributed by atoms with E-state index in [1.54, 1.807) is 24.5 Å². The lowest BCUT2D eigenvalue weighted by molar-refractivity contribution is 0.475. The number of imidazole rings is 2. The number of fused-ring (bicyclic) bond motifs is 2. The Hall–Kier alpha value is -3.94. The van der Waals surface area contributed by atoms with E-state index in [2.05, 4.69) is 19.9 Å². The summed E-state index contributed by atoms with van der Waals surface area (Å²) in [6.07, 6.45) is 5.17. The normalized spacial score (nSPS) is 11.4. The van der Waals surface area contributed by atoms with E-state index in [9.17, 15) is 9.90 Å². The van der Waals surface area contributed by atoms with Crippen molar-refractivity contribution in [3.05, 3.63) is 71.5 Å². The van der Waals surface area contributed by atoms with Crippen LogP contribution in [0.25, 0.3) is 34.0 Å². The molecule has 0 fully saturated rings. The van der Waals surface area contributed by atoms with E-state index >= 15 is 0 Å². The summed E-state index contributed by atoms with van der Waals surface area (Å²) in [5.74, 6) is 0.588. The van der Waals surface area contributed by atoms with Crippen LogP contribution in [0.3, 0.4) is 0 Å². The topological polar surface area (TPSA) is 101 Å². The Labute approximate surface area is 146 Å². The number of pyridine rings is 1. The fraction of sp³-hybridized carbons (Fsp3) is 0. The van der Waals surface area contributed by atoms with Crippen molar-refractivity contribution in [1.29, 1.82) is 0 Å². The molecule has 5 aromatic rings. The molecule has 26 heavy (non-hydrogen) atoms. The summed E-state index contributed by atoms with van der Waals surface area (Å²) >= 11 is 0. The summed E-state index contributed by atoms with van der Waals surface area (Å²) in [7, 11) is 0. The van der Waals surface area contributed by atoms with Crippen LogP contribution in [0.4, 0.5) is 0 Å². The van der Waals surface area contributed by atoms with E-state index in [0.29, 0.717) is 22.7 Å². The van der Waals surface area contributed by atoms with Crippen LogP contribution in [0.5, 0.6) is 5.75 Å². The second-order valence-electron chi connectivity index (χ2n) is 5.79. The predicted octanol–water partition coefficient (Wildman–Crippen LogP) is 2.13. The Morgan fingerprint density at radius 2 is 1.85 bits per heavy atom. The Bertz CT molecular complexity index is 1310. The number of H-pyrrole nitrogens is 1. The van der Waals surface area contributed by atoms with Crippen molar-refractivity contribution in [1.82, 2.24) is 28.9 Å². The fourth-order valence-electron chi connectivity index (χ4n) is 2.96. The Balaban J connectivity index is 1.76. The Morgan fingerprint density at radius 1 is 1.00 bits per heavy atom. The van der Waals surface area contributed by atoms with Gasteiger partial charge in [-0.1, -0.05) is 6.07 Å². The lowest BCUT2D eigenvalue weighted by Crippen LogP contribution is -2.14. The number of aromatic amines is 1. The van der Waals surface area contributed by atoms with E-state index in [0.717, 1.165) is 11.3 Å². The van der Waals surface area contributed by atoms with Crippen LogP contribution in [0.2, 0.25) is 0 Å². The molecular formula is C18H12N6O2. The quantitative estimate of drug-likeness (QED) is 0.511. The molecule has 4 aromatic heterocycles. The minimum absolute atomic E-state index is 0.127. The summed E-state index contributed by atoms with van der Waals surface area (Å²) in [6.45, 7) is 0. The van der Waals surface area contributed by atoms with Crippen molar-refractivity contribution in [2.75, 3.05) is 0 Å². The Morgan fingerprint density at radius 3 is 2.69 bits per heavy atom. The number of nitrogens with zero attached hydrogens (tertiary/aromatic N) is 5. The van der Waals surface area contributed by atoms with Gasteiger partial charge >= 0.3 is 5.69 Å². The molecule has 8 heteroatoms. The molecule has 0 aliphatic heterocycles. The maximum Gasteiger partial charge on any atom is 0.332 e. The maximum absolute atomic E-state index is 12.4. The SMILES string of the molecule is O=c1[nH]c2cnc(-c3cnc4ccccn34)nc2n1-c1ccc(O)cc1. The molecule has 0 atom stereocenters. The van der Waals surface area contributed by atoms with E-state index in [4.69, 9.17) is 0 Å². The van der Waals surface area contributed by atoms with Crippen LogP contribution in [-0.2, 0) is 0 Å². The van der Waals surface area contributed by atoms with Gasteiger partial charge < -0.3 is 10.1 Å². The molecular weight excluding hydrogens is 332 g/mol. The molecule has 0 radical (unpaired) electrons. The number of phenols is 1. The van der Waals surface area contributed by atoms with E-state index < -0.39 is 0 Å². The molecule has 0 amide bonds. The van der Waals surface area contributed by atoms with Gasteiger partial charge in [0.1, 0.15) is 22.6 Å². The first kappa shape index (κ1) is 14.4. The van der Waals surface area contributed by atoms with Gasteiger partial charge in [0, 0.05) is 6.20 Å². The molecule has 8 nitrogen and oxygen atoms in total. The average molecular weight is 344 g/mol. The lowest BCUT2D eigenvalue weighted by atomic mass is 10.3. The third kappa shape index (κ3) is 2.09. The van der Waals surface area contributed by atoms with E-state index in [1.165, 1.54) is 16.7 Å². The molecule has 0 spiro atoms. The highest BCUT2D eigenvalue weighted by molar-refractivity contribution is 5.74. The van der Waals surface area contributed by atoms with Crippen LogP contribution in [0.15, 0.2) is 65.8 Å². The zero-order valence-electron chi connectivity index (χ0n) is 13.4. The van der Waals surface area contributed by atoms with Gasteiger partial charge in [-0.05, 0) is 36.4 Å². The van der Waals surface area contributed by atoms with E-state index in [1.807, 2.05) is 28.8 Å². The largest absolute Gasteiger partial charge is 0.508 e. The third-order valence-corrected chi connectivity index (χ3v) is 4.18. The zero-order chi connectivity index (χ0) is 17.7. The van der Waals surface area contributed by atoms with E-state index in [-0.39, 0.29) is 11.4 Å². The minimum Gasteiger partial charge on any atom is -0.508 e. The molecule has 0 saturated carbocycles. The molecule has 0 unspecified atom stereocenters. The molecule has 0 bridgehead atoms. The van der Waals surface area contributed by atoms with Crippen molar-refractivity contribution >= 4 is 16.8 Å². The zero-order valence-corrected chi connectivity index (χ0v) is 13.4. The second-order valence-corrected chi connectivity index (χ2v) is 5.79. The fourth-order valence-corrected chi connectivity index (χ4v) is 2.96. The van der Waals surface area contributed by atoms with Gasteiger partial charge in [0.05, 0.1) is 18.1 Å². The number of hydrogen-bond donors (Lipinski definition) is 2. The van der Waals surface area contributed by atoms with Gasteiger partial charge in [-0.15, -0.1) is 0 Å². The number of hydrogen-bond acceptors (Lipinski definition) is 5. The van der Waals surface area contributed by atoms with Crippen molar-refractivity contribution in [2.45, 2.75) is 0 Å². The van der Waals surface area contributed by atoms with Crippen LogP contribution in [0, 0.1) is 0 Å². The second kappa shape index (κ2) is 5.28. The van der Waals surface area contributed by atoms with Gasteiger partial charge in [0.15, 0.2) is 11.5 Å². The molecule has 126 valence electrons. The number of nitrogens with one attached hydrogen (secondary N) is 1. The van der Waals surface area contributed by atoms with Gasteiger partial charge in [-0.3, -0.25) is 4.40 Å². The predicted molar refractivity (Wildman–Crippen MR) is 95.3 cm³/mol. The molecule has 0 aliphatic rings. The number of phenolic OH excluding ortho intramolecular Hbond substituents is 1. The first-order chi connectivity index (χ1) is 12.7. The van der Waals surface area contributed by atoms with Crippen molar-refractivity contribution in [3.63, 3.8) is 0 Å². The third-order valence-electron chi connectivity index (χ3n) is 4.18. The van der Waals surface area contributed by atoms with Gasteiger partial charge in [-0.2, -0.15) is 0 Å². The first-order valence-corrected chi connectivity index (χ1v) is 7.90. The highest BCUT2D eigenvalue weighted by atomic mass is 16.3. The molecule has 5 rings (SSSR count). The number of rotatable bonds is 2. The summed E-state index contributed by atoms with van der Waals surface area (Å²) < 4.78 is 3.33. The van der Waals surface area contributed by atoms with Gasteiger partial charge in [-0.25, -0.2) is 24.3 Å². The smallest absolute Gasteiger partial charge is 0.332 e. The van der Waals surface area contributed by atoms with Crippen molar-refractivity contribution in [3.8, 4) is 23.0 Å². The highest BCUT2D eigenvalue weighted by Crippen LogP contribution is 2.21. The van der Waals surface area contributed by atoms with Crippen LogP contribution < -0.4 is 5.69 Å². The molecule has 0 saturated heterocycles. The monoisotopic (exact) mass is 344 g/mol. The van der Waals surface area contributed by atoms with Crippen LogP contribution in [-0.4, -0.2) is 34.0 Å². The average Bonchev–Trinajstić information content (AvgIpc) is 3.22. The van der Waals surface area contributed by atoms with Gasteiger partial charge in [0.25, 0.3) is 0 Å². The number of benzene rings is 1. The van der Waals surface area contributed by atoms with Crippen LogP contribution >= 0.6 is 0 Å². The van der Waals surface area contributed by atoms with Crippen molar-refractivity contribution in [2.24, 2.45) is 0 Å². The summed E-state index contributed by atoms with van der Waals surface area (Å²) in [5.41, 5.74) is 2.78. The Kier molecular flexibility index (Phi) is 2.93. The maximum atomic E-state index is 12.4. The summed E-state index contributed by atoms with van der Waals surface area (Å²) in [4.78, 5) is 28.4. The summed E-state index contributed by atoms with van der Waals surface area (Å²) in [6, 6.07) is 12.1. The summed E-state index contributed by atoms with van der Waals surface area (Å²) in [5, 5.41) is 9.48. The number of aromatic hydroxyl groups is 1. The van der Waals surface area contributed by atoms with Crippen molar-refractivity contribution < 1.29 is 5.11 Å². The standard InChI is InChI=1S/C18H12N6O2/c25-12-6-4-11(5-7-12)24-17-13(21-18(24)26)9-20-16(22-17)14-10-19-15-3-1-2-8-23(14)15/h1-10,25H,(H,21,26). The molecule has 2 N–H and O–H groups in total. The highest BCUT2D eigenvalue weighted by Gasteiger charge is 2.14. The molecule has 0 aliphatic carbocycles.